The molecule has 1 N–H and O–H groups in total. The van der Waals surface area contributed by atoms with Gasteiger partial charge in [0.05, 0.1) is 0 Å². The van der Waals surface area contributed by atoms with E-state index in [0.29, 0.717) is 0 Å². The quantitative estimate of drug-likeness (QED) is 0.273. The molecule has 0 saturated heterocycles. The van der Waals surface area contributed by atoms with Gasteiger partial charge in [-0.15, -0.1) is 11.3 Å². The molecule has 168 valence electrons. The first kappa shape index (κ1) is 20.5. The van der Waals surface area contributed by atoms with Crippen molar-refractivity contribution in [2.24, 2.45) is 0 Å². The zero-order valence-corrected chi connectivity index (χ0v) is 20.6. The fraction of sp³-hybridized carbons (Fsp3) is 0.0909. The summed E-state index contributed by atoms with van der Waals surface area (Å²) in [5.41, 5.74) is 10.2. The molecule has 0 bridgehead atoms. The van der Waals surface area contributed by atoms with Crippen molar-refractivity contribution in [3.05, 3.63) is 120 Å². The second-order valence-corrected chi connectivity index (χ2v) is 11.0. The molecule has 1 aliphatic rings. The largest absolute Gasteiger partial charge is 0.355 e. The van der Waals surface area contributed by atoms with E-state index in [2.05, 4.69) is 128 Å². The summed E-state index contributed by atoms with van der Waals surface area (Å²) in [4.78, 5) is 0. The molecule has 2 heteroatoms. The third-order valence-corrected chi connectivity index (χ3v) is 8.57. The molecule has 0 radical (unpaired) electrons. The van der Waals surface area contributed by atoms with Crippen LogP contribution in [0.5, 0.6) is 0 Å². The van der Waals surface area contributed by atoms with Crippen LogP contribution in [0.2, 0.25) is 0 Å². The molecule has 6 aromatic rings. The highest BCUT2D eigenvalue weighted by Gasteiger charge is 2.37. The summed E-state index contributed by atoms with van der Waals surface area (Å²) >= 11 is 1.87. The van der Waals surface area contributed by atoms with Crippen LogP contribution in [0.25, 0.3) is 42.4 Å². The summed E-state index contributed by atoms with van der Waals surface area (Å²) < 4.78 is 2.68. The number of nitrogens with one attached hydrogen (secondary N) is 1. The third-order valence-electron chi connectivity index (χ3n) is 7.43. The summed E-state index contributed by atoms with van der Waals surface area (Å²) in [7, 11) is 0. The van der Waals surface area contributed by atoms with Gasteiger partial charge in [0.2, 0.25) is 0 Å². The molecule has 0 atom stereocenters. The number of hydrogen-bond acceptors (Lipinski definition) is 2. The van der Waals surface area contributed by atoms with Crippen LogP contribution in [-0.4, -0.2) is 0 Å². The first-order chi connectivity index (χ1) is 17.1. The van der Waals surface area contributed by atoms with Crippen molar-refractivity contribution in [3.8, 4) is 22.3 Å². The van der Waals surface area contributed by atoms with Gasteiger partial charge >= 0.3 is 0 Å². The Morgan fingerprint density at radius 1 is 0.600 bits per heavy atom. The van der Waals surface area contributed by atoms with E-state index >= 15 is 0 Å². The molecule has 0 fully saturated rings. The van der Waals surface area contributed by atoms with Crippen molar-refractivity contribution in [2.45, 2.75) is 19.3 Å². The van der Waals surface area contributed by atoms with Gasteiger partial charge in [0.25, 0.3) is 0 Å². The van der Waals surface area contributed by atoms with E-state index in [0.717, 1.165) is 5.69 Å². The van der Waals surface area contributed by atoms with Crippen molar-refractivity contribution < 1.29 is 0 Å². The standard InChI is InChI=1S/C33H25NS/c1-33(2)28-14-5-3-11-24(28)27-13-8-15-29(32(27)33)34-23-10-7-9-21(19-23)22-17-18-26-25-12-4-6-16-30(25)35-31(26)20-22/h3-20,34H,1-2H3. The Balaban J connectivity index is 1.28. The van der Waals surface area contributed by atoms with Gasteiger partial charge in [-0.3, -0.25) is 0 Å². The molecule has 0 unspecified atom stereocenters. The minimum atomic E-state index is -0.0423. The lowest BCUT2D eigenvalue weighted by Gasteiger charge is -2.25. The number of thiophene rings is 1. The Hall–Kier alpha value is -3.88. The van der Waals surface area contributed by atoms with Gasteiger partial charge in [-0.05, 0) is 63.7 Å². The Bertz CT molecular complexity index is 1750. The maximum absolute atomic E-state index is 3.77. The van der Waals surface area contributed by atoms with Crippen LogP contribution in [0.4, 0.5) is 11.4 Å². The highest BCUT2D eigenvalue weighted by Crippen LogP contribution is 2.51. The van der Waals surface area contributed by atoms with Gasteiger partial charge in [-0.25, -0.2) is 0 Å². The van der Waals surface area contributed by atoms with E-state index < -0.39 is 0 Å². The summed E-state index contributed by atoms with van der Waals surface area (Å²) in [6, 6.07) is 39.7. The van der Waals surface area contributed by atoms with Crippen LogP contribution in [0.1, 0.15) is 25.0 Å². The molecule has 1 aromatic heterocycles. The van der Waals surface area contributed by atoms with Crippen molar-refractivity contribution in [3.63, 3.8) is 0 Å². The summed E-state index contributed by atoms with van der Waals surface area (Å²) in [5.74, 6) is 0. The monoisotopic (exact) mass is 467 g/mol. The van der Waals surface area contributed by atoms with Gasteiger partial charge < -0.3 is 5.32 Å². The maximum Gasteiger partial charge on any atom is 0.0431 e. The summed E-state index contributed by atoms with van der Waals surface area (Å²) in [6.45, 7) is 4.67. The minimum absolute atomic E-state index is 0.0423. The van der Waals surface area contributed by atoms with Crippen molar-refractivity contribution in [1.82, 2.24) is 0 Å². The van der Waals surface area contributed by atoms with E-state index in [-0.39, 0.29) is 5.41 Å². The zero-order valence-electron chi connectivity index (χ0n) is 19.8. The van der Waals surface area contributed by atoms with Crippen LogP contribution >= 0.6 is 11.3 Å². The lowest BCUT2D eigenvalue weighted by atomic mass is 9.81. The van der Waals surface area contributed by atoms with Crippen molar-refractivity contribution in [2.75, 3.05) is 5.32 Å². The van der Waals surface area contributed by atoms with Gasteiger partial charge in [0.15, 0.2) is 0 Å². The number of rotatable bonds is 3. The first-order valence-corrected chi connectivity index (χ1v) is 12.9. The van der Waals surface area contributed by atoms with E-state index in [4.69, 9.17) is 0 Å². The maximum atomic E-state index is 3.77. The summed E-state index contributed by atoms with van der Waals surface area (Å²) in [6.07, 6.45) is 0. The molecule has 35 heavy (non-hydrogen) atoms. The molecular formula is C33H25NS. The number of fused-ring (bicyclic) bond motifs is 6. The fourth-order valence-electron chi connectivity index (χ4n) is 5.79. The Labute approximate surface area is 209 Å². The third kappa shape index (κ3) is 3.14. The van der Waals surface area contributed by atoms with Crippen LogP contribution in [0.15, 0.2) is 109 Å². The average molecular weight is 468 g/mol. The van der Waals surface area contributed by atoms with Crippen LogP contribution in [-0.2, 0) is 5.41 Å². The molecule has 1 aliphatic carbocycles. The zero-order chi connectivity index (χ0) is 23.6. The normalized spacial score (nSPS) is 13.7. The topological polar surface area (TPSA) is 12.0 Å². The number of benzene rings is 5. The predicted molar refractivity (Wildman–Crippen MR) is 152 cm³/mol. The minimum Gasteiger partial charge on any atom is -0.355 e. The Kier molecular flexibility index (Phi) is 4.43. The van der Waals surface area contributed by atoms with Crippen molar-refractivity contribution >= 4 is 42.9 Å². The molecule has 0 saturated carbocycles. The Morgan fingerprint density at radius 3 is 2.29 bits per heavy atom. The van der Waals surface area contributed by atoms with Gasteiger partial charge in [0.1, 0.15) is 0 Å². The number of anilines is 2. The highest BCUT2D eigenvalue weighted by molar-refractivity contribution is 7.25. The van der Waals surface area contributed by atoms with Gasteiger partial charge in [-0.2, -0.15) is 0 Å². The molecule has 7 rings (SSSR count). The van der Waals surface area contributed by atoms with E-state index in [1.165, 1.54) is 59.2 Å². The SMILES string of the molecule is CC1(C)c2ccccc2-c2cccc(Nc3cccc(-c4ccc5c(c4)sc4ccccc45)c3)c21. The van der Waals surface area contributed by atoms with Gasteiger partial charge in [-0.1, -0.05) is 92.7 Å². The lowest BCUT2D eigenvalue weighted by Crippen LogP contribution is -2.16. The van der Waals surface area contributed by atoms with E-state index in [1.54, 1.807) is 0 Å². The van der Waals surface area contributed by atoms with Crippen LogP contribution in [0, 0.1) is 0 Å². The molecule has 5 aromatic carbocycles. The second kappa shape index (κ2) is 7.56. The van der Waals surface area contributed by atoms with E-state index in [9.17, 15) is 0 Å². The highest BCUT2D eigenvalue weighted by atomic mass is 32.1. The lowest BCUT2D eigenvalue weighted by molar-refractivity contribution is 0.662. The molecule has 0 amide bonds. The molecular weight excluding hydrogens is 442 g/mol. The van der Waals surface area contributed by atoms with E-state index in [1.807, 2.05) is 11.3 Å². The molecule has 1 nitrogen and oxygen atoms in total. The number of hydrogen-bond donors (Lipinski definition) is 1. The fourth-order valence-corrected chi connectivity index (χ4v) is 6.93. The molecule has 0 aliphatic heterocycles. The average Bonchev–Trinajstić information content (AvgIpc) is 3.37. The van der Waals surface area contributed by atoms with Crippen LogP contribution in [0.3, 0.4) is 0 Å². The summed E-state index contributed by atoms with van der Waals surface area (Å²) in [5, 5.41) is 6.45. The molecule has 1 heterocycles. The second-order valence-electron chi connectivity index (χ2n) is 9.91. The van der Waals surface area contributed by atoms with Gasteiger partial charge in [0, 0.05) is 37.0 Å². The Morgan fingerprint density at radius 2 is 1.34 bits per heavy atom. The van der Waals surface area contributed by atoms with Crippen LogP contribution < -0.4 is 5.32 Å². The first-order valence-electron chi connectivity index (χ1n) is 12.1. The van der Waals surface area contributed by atoms with Crippen molar-refractivity contribution in [1.29, 1.82) is 0 Å². The molecule has 0 spiro atoms. The smallest absolute Gasteiger partial charge is 0.0431 e. The predicted octanol–water partition coefficient (Wildman–Crippen LogP) is 9.77.